The van der Waals surface area contributed by atoms with Gasteiger partial charge in [0.05, 0.1) is 6.26 Å². The van der Waals surface area contributed by atoms with Gasteiger partial charge in [0.1, 0.15) is 12.4 Å². The van der Waals surface area contributed by atoms with Crippen molar-refractivity contribution in [2.24, 2.45) is 5.84 Å². The van der Waals surface area contributed by atoms with Gasteiger partial charge in [0.15, 0.2) is 5.76 Å². The molecule has 0 saturated heterocycles. The minimum atomic E-state index is -0.474. The van der Waals surface area contributed by atoms with Crippen LogP contribution in [0.5, 0.6) is 5.75 Å². The van der Waals surface area contributed by atoms with Crippen molar-refractivity contribution in [2.75, 3.05) is 0 Å². The van der Waals surface area contributed by atoms with Gasteiger partial charge in [-0.1, -0.05) is 29.8 Å². The first-order chi connectivity index (χ1) is 10.0. The molecule has 0 radical (unpaired) electrons. The molecule has 0 atom stereocenters. The Bertz CT molecular complexity index is 638. The van der Waals surface area contributed by atoms with E-state index in [9.17, 15) is 4.79 Å². The maximum Gasteiger partial charge on any atom is 0.301 e. The van der Waals surface area contributed by atoms with E-state index < -0.39 is 5.91 Å². The van der Waals surface area contributed by atoms with Gasteiger partial charge in [-0.2, -0.15) is 0 Å². The predicted octanol–water partition coefficient (Wildman–Crippen LogP) is 3.35. The first-order valence-electron chi connectivity index (χ1n) is 6.52. The molecule has 1 amide bonds. The van der Waals surface area contributed by atoms with Crippen LogP contribution in [0.1, 0.15) is 41.4 Å². The van der Waals surface area contributed by atoms with Crippen LogP contribution in [0.15, 0.2) is 39.4 Å². The number of hydrogen-bond acceptors (Lipinski definition) is 4. The van der Waals surface area contributed by atoms with Crippen LogP contribution in [0, 0.1) is 0 Å². The van der Waals surface area contributed by atoms with Gasteiger partial charge >= 0.3 is 5.91 Å². The molecule has 3 N–H and O–H groups in total. The lowest BCUT2D eigenvalue weighted by atomic mass is 10.0. The molecule has 1 aromatic heterocycles. The number of rotatable bonds is 5. The van der Waals surface area contributed by atoms with Gasteiger partial charge in [-0.25, -0.2) is 5.84 Å². The molecular formula is C15H17BrN2O3. The van der Waals surface area contributed by atoms with Crippen LogP contribution in [-0.2, 0) is 6.61 Å². The summed E-state index contributed by atoms with van der Waals surface area (Å²) in [7, 11) is 0. The highest BCUT2D eigenvalue weighted by atomic mass is 79.9. The molecule has 2 rings (SSSR count). The van der Waals surface area contributed by atoms with Crippen molar-refractivity contribution >= 4 is 21.8 Å². The van der Waals surface area contributed by atoms with E-state index in [0.717, 1.165) is 15.8 Å². The molecule has 6 heteroatoms. The average Bonchev–Trinajstić information content (AvgIpc) is 2.93. The topological polar surface area (TPSA) is 77.5 Å². The number of amides is 1. The Hall–Kier alpha value is -1.79. The van der Waals surface area contributed by atoms with Crippen molar-refractivity contribution < 1.29 is 13.9 Å². The number of nitrogens with one attached hydrogen (secondary N) is 1. The van der Waals surface area contributed by atoms with Crippen LogP contribution in [-0.4, -0.2) is 5.91 Å². The van der Waals surface area contributed by atoms with Gasteiger partial charge < -0.3 is 9.15 Å². The highest BCUT2D eigenvalue weighted by Crippen LogP contribution is 2.30. The van der Waals surface area contributed by atoms with E-state index in [2.05, 4.69) is 29.8 Å². The first kappa shape index (κ1) is 15.6. The Morgan fingerprint density at radius 3 is 2.86 bits per heavy atom. The maximum atomic E-state index is 11.5. The summed E-state index contributed by atoms with van der Waals surface area (Å²) >= 11 is 3.46. The number of hydrogen-bond donors (Lipinski definition) is 2. The van der Waals surface area contributed by atoms with Crippen LogP contribution in [0.2, 0.25) is 0 Å². The summed E-state index contributed by atoms with van der Waals surface area (Å²) in [4.78, 5) is 11.5. The lowest BCUT2D eigenvalue weighted by Gasteiger charge is -2.14. The normalized spacial score (nSPS) is 10.7. The molecule has 5 nitrogen and oxygen atoms in total. The third kappa shape index (κ3) is 3.65. The molecule has 0 saturated carbocycles. The van der Waals surface area contributed by atoms with Gasteiger partial charge in [0.25, 0.3) is 0 Å². The van der Waals surface area contributed by atoms with Crippen molar-refractivity contribution in [3.05, 3.63) is 51.9 Å². The zero-order chi connectivity index (χ0) is 15.4. The Morgan fingerprint density at radius 2 is 2.19 bits per heavy atom. The van der Waals surface area contributed by atoms with Crippen LogP contribution >= 0.6 is 15.9 Å². The summed E-state index contributed by atoms with van der Waals surface area (Å²) in [5.74, 6) is 5.92. The van der Waals surface area contributed by atoms with Crippen LogP contribution in [0.4, 0.5) is 0 Å². The zero-order valence-electron chi connectivity index (χ0n) is 11.9. The van der Waals surface area contributed by atoms with Crippen molar-refractivity contribution in [3.8, 4) is 5.75 Å². The Kier molecular flexibility index (Phi) is 5.03. The third-order valence-corrected chi connectivity index (χ3v) is 3.55. The van der Waals surface area contributed by atoms with Crippen LogP contribution in [0.3, 0.4) is 0 Å². The number of hydrazine groups is 1. The Morgan fingerprint density at radius 1 is 1.43 bits per heavy atom. The first-order valence-corrected chi connectivity index (χ1v) is 7.31. The molecule has 21 heavy (non-hydrogen) atoms. The SMILES string of the molecule is CC(C)c1cc(Br)ccc1OCc1ccoc1C(=O)NN. The fourth-order valence-electron chi connectivity index (χ4n) is 1.97. The van der Waals surface area contributed by atoms with Gasteiger partial charge in [0, 0.05) is 10.0 Å². The van der Waals surface area contributed by atoms with E-state index in [1.54, 1.807) is 6.07 Å². The summed E-state index contributed by atoms with van der Waals surface area (Å²) < 4.78 is 12.0. The standard InChI is InChI=1S/C15H17BrN2O3/c1-9(2)12-7-11(16)3-4-13(12)21-8-10-5-6-20-14(10)15(19)18-17/h3-7,9H,8,17H2,1-2H3,(H,18,19). The van der Waals surface area contributed by atoms with Crippen LogP contribution in [0.25, 0.3) is 0 Å². The molecule has 0 spiro atoms. The summed E-state index contributed by atoms with van der Waals surface area (Å²) in [5, 5.41) is 0. The molecule has 0 fully saturated rings. The van der Waals surface area contributed by atoms with Crippen LogP contribution < -0.4 is 16.0 Å². The molecular weight excluding hydrogens is 336 g/mol. The van der Waals surface area contributed by atoms with Gasteiger partial charge in [-0.15, -0.1) is 0 Å². The highest BCUT2D eigenvalue weighted by molar-refractivity contribution is 9.10. The van der Waals surface area contributed by atoms with Gasteiger partial charge in [0.2, 0.25) is 0 Å². The van der Waals surface area contributed by atoms with E-state index in [4.69, 9.17) is 15.0 Å². The van der Waals surface area contributed by atoms with E-state index in [1.807, 2.05) is 23.6 Å². The number of carbonyl (C=O) groups excluding carboxylic acids is 1. The van der Waals surface area contributed by atoms with Gasteiger partial charge in [-0.3, -0.25) is 10.2 Å². The third-order valence-electron chi connectivity index (χ3n) is 3.06. The second kappa shape index (κ2) is 6.78. The molecule has 0 aliphatic rings. The van der Waals surface area contributed by atoms with E-state index >= 15 is 0 Å². The molecule has 1 heterocycles. The second-order valence-corrected chi connectivity index (χ2v) is 5.79. The number of furan rings is 1. The zero-order valence-corrected chi connectivity index (χ0v) is 13.4. The number of benzene rings is 1. The summed E-state index contributed by atoms with van der Waals surface area (Å²) in [6, 6.07) is 7.55. The molecule has 2 aromatic rings. The number of carbonyl (C=O) groups is 1. The predicted molar refractivity (Wildman–Crippen MR) is 82.9 cm³/mol. The average molecular weight is 353 g/mol. The molecule has 0 aliphatic carbocycles. The second-order valence-electron chi connectivity index (χ2n) is 4.87. The number of halogens is 1. The molecule has 0 bridgehead atoms. The number of nitrogen functional groups attached to an aromatic ring is 1. The lowest BCUT2D eigenvalue weighted by Crippen LogP contribution is -2.30. The number of nitrogens with two attached hydrogens (primary N) is 1. The number of ether oxygens (including phenoxy) is 1. The smallest absolute Gasteiger partial charge is 0.301 e. The fraction of sp³-hybridized carbons (Fsp3) is 0.267. The molecule has 112 valence electrons. The van der Waals surface area contributed by atoms with Gasteiger partial charge in [-0.05, 0) is 35.7 Å². The molecule has 1 aromatic carbocycles. The summed E-state index contributed by atoms with van der Waals surface area (Å²) in [6.45, 7) is 4.43. The maximum absolute atomic E-state index is 11.5. The lowest BCUT2D eigenvalue weighted by molar-refractivity contribution is 0.0922. The molecule has 0 aliphatic heterocycles. The van der Waals surface area contributed by atoms with E-state index in [1.165, 1.54) is 6.26 Å². The minimum absolute atomic E-state index is 0.167. The highest BCUT2D eigenvalue weighted by Gasteiger charge is 2.16. The summed E-state index contributed by atoms with van der Waals surface area (Å²) in [5.41, 5.74) is 3.79. The fourth-order valence-corrected chi connectivity index (χ4v) is 2.35. The molecule has 0 unspecified atom stereocenters. The van der Waals surface area contributed by atoms with E-state index in [-0.39, 0.29) is 12.4 Å². The largest absolute Gasteiger partial charge is 0.488 e. The monoisotopic (exact) mass is 352 g/mol. The van der Waals surface area contributed by atoms with Crippen molar-refractivity contribution in [1.82, 2.24) is 5.43 Å². The Balaban J connectivity index is 2.17. The minimum Gasteiger partial charge on any atom is -0.488 e. The quantitative estimate of drug-likeness (QED) is 0.491. The van der Waals surface area contributed by atoms with E-state index in [0.29, 0.717) is 11.5 Å². The van der Waals surface area contributed by atoms with Crippen molar-refractivity contribution in [1.29, 1.82) is 0 Å². The van der Waals surface area contributed by atoms with Crippen molar-refractivity contribution in [3.63, 3.8) is 0 Å². The van der Waals surface area contributed by atoms with Crippen molar-refractivity contribution in [2.45, 2.75) is 26.4 Å². The Labute approximate surface area is 131 Å². The summed E-state index contributed by atoms with van der Waals surface area (Å²) in [6.07, 6.45) is 1.44.